The fraction of sp³-hybridized carbons (Fsp3) is 0.485. The minimum atomic E-state index is -1.22. The van der Waals surface area contributed by atoms with Crippen LogP contribution in [0.25, 0.3) is 0 Å². The summed E-state index contributed by atoms with van der Waals surface area (Å²) >= 11 is 6.40. The van der Waals surface area contributed by atoms with Gasteiger partial charge in [0, 0.05) is 64.3 Å². The molecule has 0 aliphatic carbocycles. The van der Waals surface area contributed by atoms with Crippen LogP contribution in [0.5, 0.6) is 0 Å². The fourth-order valence-corrected chi connectivity index (χ4v) is 6.49. The second kappa shape index (κ2) is 15.1. The first-order valence-electron chi connectivity index (χ1n) is 15.8. The predicted molar refractivity (Wildman–Crippen MR) is 188 cm³/mol. The van der Waals surface area contributed by atoms with E-state index >= 15 is 4.39 Å². The van der Waals surface area contributed by atoms with E-state index in [0.717, 1.165) is 57.8 Å². The van der Waals surface area contributed by atoms with Crippen LogP contribution in [-0.2, 0) is 20.5 Å². The summed E-state index contributed by atoms with van der Waals surface area (Å²) in [7, 11) is 0.519. The van der Waals surface area contributed by atoms with Crippen molar-refractivity contribution in [3.05, 3.63) is 59.5 Å². The van der Waals surface area contributed by atoms with Crippen LogP contribution < -0.4 is 19.8 Å². The number of ether oxygens (including phenoxy) is 1. The van der Waals surface area contributed by atoms with Crippen molar-refractivity contribution in [2.75, 3.05) is 79.0 Å². The number of hydrogen-bond acceptors (Lipinski definition) is 10. The molecule has 2 aliphatic rings. The third kappa shape index (κ3) is 9.31. The topological polar surface area (TPSA) is 106 Å². The van der Waals surface area contributed by atoms with Crippen molar-refractivity contribution in [1.82, 2.24) is 19.8 Å². The second-order valence-electron chi connectivity index (χ2n) is 12.9. The van der Waals surface area contributed by atoms with E-state index in [0.29, 0.717) is 40.5 Å². The lowest BCUT2D eigenvalue weighted by molar-refractivity contribution is -0.156. The van der Waals surface area contributed by atoms with Gasteiger partial charge in [0.15, 0.2) is 5.82 Å². The molecule has 14 heteroatoms. The Hall–Kier alpha value is -3.52. The number of esters is 1. The Bertz CT molecular complexity index is 1580. The number of carbonyl (C=O) groups excluding carboxylic acids is 1. The number of piperazine rings is 1. The molecule has 2 N–H and O–H groups in total. The zero-order valence-electron chi connectivity index (χ0n) is 27.6. The van der Waals surface area contributed by atoms with Gasteiger partial charge < -0.3 is 20.3 Å². The molecule has 3 aromatic rings. The number of benzene rings is 2. The highest BCUT2D eigenvalue weighted by Gasteiger charge is 2.29. The molecule has 5 rings (SSSR count). The Morgan fingerprint density at radius 2 is 1.79 bits per heavy atom. The minimum absolute atomic E-state index is 0.178. The Kier molecular flexibility index (Phi) is 11.2. The van der Waals surface area contributed by atoms with Crippen LogP contribution in [0.2, 0.25) is 5.02 Å². The van der Waals surface area contributed by atoms with Crippen LogP contribution >= 0.6 is 11.6 Å². The Morgan fingerprint density at radius 1 is 1.09 bits per heavy atom. The monoisotopic (exact) mass is 686 g/mol. The molecule has 3 heterocycles. The van der Waals surface area contributed by atoms with Crippen LogP contribution in [0.15, 0.2) is 48.7 Å². The number of aromatic nitrogens is 2. The molecule has 47 heavy (non-hydrogen) atoms. The van der Waals surface area contributed by atoms with Crippen LogP contribution in [0, 0.1) is 5.82 Å². The van der Waals surface area contributed by atoms with Gasteiger partial charge >= 0.3 is 5.97 Å². The largest absolute Gasteiger partial charge is 0.459 e. The van der Waals surface area contributed by atoms with Crippen LogP contribution in [0.1, 0.15) is 33.6 Å². The Balaban J connectivity index is 1.14. The van der Waals surface area contributed by atoms with E-state index in [4.69, 9.17) is 16.3 Å². The lowest BCUT2D eigenvalue weighted by atomic mass is 10.0. The summed E-state index contributed by atoms with van der Waals surface area (Å²) in [6.45, 7) is 11.0. The van der Waals surface area contributed by atoms with Crippen molar-refractivity contribution in [3.8, 4) is 0 Å². The van der Waals surface area contributed by atoms with Gasteiger partial charge in [-0.25, -0.2) is 13.6 Å². The summed E-state index contributed by atoms with van der Waals surface area (Å²) in [5.74, 6) is 0.112. The molecule has 1 aromatic heterocycles. The Labute approximate surface area is 284 Å². The van der Waals surface area contributed by atoms with E-state index in [1.165, 1.54) is 12.3 Å². The molecule has 2 aromatic carbocycles. The van der Waals surface area contributed by atoms with Gasteiger partial charge in [-0.3, -0.25) is 18.9 Å². The van der Waals surface area contributed by atoms with Gasteiger partial charge in [0.25, 0.3) is 0 Å². The average Bonchev–Trinajstić information content (AvgIpc) is 3.02. The van der Waals surface area contributed by atoms with E-state index < -0.39 is 16.6 Å². The lowest BCUT2D eigenvalue weighted by Gasteiger charge is -2.43. The molecule has 0 amide bonds. The van der Waals surface area contributed by atoms with Crippen molar-refractivity contribution >= 4 is 63.1 Å². The first-order valence-corrected chi connectivity index (χ1v) is 17.7. The molecule has 1 atom stereocenters. The van der Waals surface area contributed by atoms with Gasteiger partial charge in [-0.05, 0) is 63.9 Å². The fourth-order valence-electron chi connectivity index (χ4n) is 5.92. The van der Waals surface area contributed by atoms with E-state index in [1.807, 2.05) is 51.1 Å². The molecule has 0 spiro atoms. The van der Waals surface area contributed by atoms with Crippen LogP contribution in [0.3, 0.4) is 0 Å². The quantitative estimate of drug-likeness (QED) is 0.269. The van der Waals surface area contributed by atoms with Crippen LogP contribution in [0.4, 0.5) is 38.9 Å². The van der Waals surface area contributed by atoms with Gasteiger partial charge in [0.2, 0.25) is 5.95 Å². The van der Waals surface area contributed by atoms with E-state index in [9.17, 15) is 9.00 Å². The molecule has 0 radical (unpaired) electrons. The zero-order valence-corrected chi connectivity index (χ0v) is 29.2. The molecule has 2 fully saturated rings. The first kappa shape index (κ1) is 34.8. The normalized spacial score (nSPS) is 17.3. The molecular formula is C33H44ClFN8O3S. The number of para-hydroxylation sites is 2. The highest BCUT2D eigenvalue weighted by atomic mass is 35.5. The number of halogens is 2. The molecular weight excluding hydrogens is 643 g/mol. The summed E-state index contributed by atoms with van der Waals surface area (Å²) in [5, 5.41) is 6.59. The summed E-state index contributed by atoms with van der Waals surface area (Å²) in [6.07, 6.45) is 4.98. The van der Waals surface area contributed by atoms with E-state index in [-0.39, 0.29) is 17.7 Å². The lowest BCUT2D eigenvalue weighted by Crippen LogP contribution is -2.54. The highest BCUT2D eigenvalue weighted by molar-refractivity contribution is 7.85. The molecule has 11 nitrogen and oxygen atoms in total. The highest BCUT2D eigenvalue weighted by Crippen LogP contribution is 2.32. The molecule has 0 bridgehead atoms. The number of nitrogens with zero attached hydrogens (tertiary/aromatic N) is 6. The van der Waals surface area contributed by atoms with Gasteiger partial charge in [0.1, 0.15) is 27.4 Å². The smallest absolute Gasteiger partial charge is 0.320 e. The van der Waals surface area contributed by atoms with Crippen molar-refractivity contribution in [1.29, 1.82) is 0 Å². The molecule has 2 saturated heterocycles. The minimum Gasteiger partial charge on any atom is -0.459 e. The van der Waals surface area contributed by atoms with Gasteiger partial charge in [-0.15, -0.1) is 0 Å². The average molecular weight is 687 g/mol. The number of piperidine rings is 1. The molecule has 2 aliphatic heterocycles. The number of nitrogens with one attached hydrogen (secondary N) is 2. The maximum absolute atomic E-state index is 15.4. The van der Waals surface area contributed by atoms with Crippen LogP contribution in [-0.4, -0.2) is 101 Å². The van der Waals surface area contributed by atoms with E-state index in [2.05, 4.69) is 35.3 Å². The standard InChI is InChI=1S/C33H44ClFN8O3S/c1-33(2,3)46-30(44)22-41-16-18-42(19-17-41)24-12-14-43(15-13-24)28-11-10-23(20-26(28)35)37-32-36-21-25(34)31(39-32)38-27-8-6-7-9-29(27)40(4)47(5)45/h6-11,20-21,24H,12-19,22H2,1-5H3,(H2,36,37,38,39). The number of carbonyl (C=O) groups is 1. The second-order valence-corrected chi connectivity index (χ2v) is 14.7. The zero-order chi connectivity index (χ0) is 33.7. The summed E-state index contributed by atoms with van der Waals surface area (Å²) < 4.78 is 34.6. The maximum Gasteiger partial charge on any atom is 0.320 e. The third-order valence-corrected chi connectivity index (χ3v) is 9.58. The van der Waals surface area contributed by atoms with Crippen molar-refractivity contribution in [2.24, 2.45) is 0 Å². The van der Waals surface area contributed by atoms with E-state index in [1.54, 1.807) is 23.7 Å². The summed E-state index contributed by atoms with van der Waals surface area (Å²) in [4.78, 5) is 27.8. The number of rotatable bonds is 10. The first-order chi connectivity index (χ1) is 22.4. The predicted octanol–water partition coefficient (Wildman–Crippen LogP) is 5.41. The van der Waals surface area contributed by atoms with Gasteiger partial charge in [0.05, 0.1) is 29.8 Å². The van der Waals surface area contributed by atoms with Crippen molar-refractivity contribution in [2.45, 2.75) is 45.3 Å². The maximum atomic E-state index is 15.4. The molecule has 254 valence electrons. The number of anilines is 6. The summed E-state index contributed by atoms with van der Waals surface area (Å²) in [5.41, 5.74) is 2.01. The van der Waals surface area contributed by atoms with Crippen molar-refractivity contribution in [3.63, 3.8) is 0 Å². The molecule has 0 saturated carbocycles. The molecule has 1 unspecified atom stereocenters. The SMILES string of the molecule is CN(c1ccccc1Nc1nc(Nc2ccc(N3CCC(N4CCN(CC(=O)OC(C)(C)C)CC4)CC3)c(F)c2)ncc1Cl)S(C)=O. The Morgan fingerprint density at radius 3 is 2.45 bits per heavy atom. The van der Waals surface area contributed by atoms with Crippen molar-refractivity contribution < 1.29 is 18.1 Å². The third-order valence-electron chi connectivity index (χ3n) is 8.33. The number of hydrogen-bond donors (Lipinski definition) is 2. The van der Waals surface area contributed by atoms with Gasteiger partial charge in [-0.1, -0.05) is 23.7 Å². The van der Waals surface area contributed by atoms with Gasteiger partial charge in [-0.2, -0.15) is 4.98 Å². The summed E-state index contributed by atoms with van der Waals surface area (Å²) in [6, 6.07) is 12.9.